The van der Waals surface area contributed by atoms with E-state index < -0.39 is 0 Å². The van der Waals surface area contributed by atoms with Crippen LogP contribution in [0.2, 0.25) is 0 Å². The number of anilines is 1. The zero-order valence-electron chi connectivity index (χ0n) is 21.2. The summed E-state index contributed by atoms with van der Waals surface area (Å²) in [6, 6.07) is 15.2. The minimum atomic E-state index is -0.0991. The second-order valence-electron chi connectivity index (χ2n) is 9.36. The molecule has 0 spiro atoms. The van der Waals surface area contributed by atoms with Crippen LogP contribution in [0.15, 0.2) is 48.5 Å². The van der Waals surface area contributed by atoms with Gasteiger partial charge in [0.25, 0.3) is 5.91 Å². The normalized spacial score (nSPS) is 18.5. The molecule has 4 rings (SSSR count). The van der Waals surface area contributed by atoms with Gasteiger partial charge in [-0.1, -0.05) is 12.1 Å². The third-order valence-electron chi connectivity index (χ3n) is 6.79. The number of rotatable bonds is 9. The average Bonchev–Trinajstić information content (AvgIpc) is 2.93. The summed E-state index contributed by atoms with van der Waals surface area (Å²) in [6.45, 7) is 9.05. The number of ether oxygens (including phenoxy) is 2. The van der Waals surface area contributed by atoms with Gasteiger partial charge in [0, 0.05) is 49.9 Å². The van der Waals surface area contributed by atoms with E-state index in [1.165, 1.54) is 0 Å². The number of likely N-dealkylation sites (tertiary alicyclic amines) is 1. The molecule has 0 aromatic heterocycles. The van der Waals surface area contributed by atoms with E-state index in [0.717, 1.165) is 75.7 Å². The molecule has 2 aliphatic heterocycles. The Balaban J connectivity index is 1.27. The van der Waals surface area contributed by atoms with Crippen LogP contribution in [0.5, 0.6) is 5.75 Å². The second kappa shape index (κ2) is 13.3. The largest absolute Gasteiger partial charge is 0.494 e. The van der Waals surface area contributed by atoms with E-state index >= 15 is 0 Å². The van der Waals surface area contributed by atoms with Crippen LogP contribution in [0.25, 0.3) is 0 Å². The molecule has 0 bridgehead atoms. The fourth-order valence-corrected chi connectivity index (χ4v) is 4.80. The third kappa shape index (κ3) is 7.45. The monoisotopic (exact) mass is 494 g/mol. The van der Waals surface area contributed by atoms with Gasteiger partial charge in [-0.3, -0.25) is 9.69 Å². The number of nitrogens with zero attached hydrogens (tertiary/aromatic N) is 2. The standard InChI is InChI=1S/C28H38N4O4/c1-2-36-26-11-9-25(10-12-26)30-28(34)32-15-4-8-24(21-32)22-6-3-7-23(20-22)27(33)29-13-5-14-31-16-18-35-19-17-31/h3,6-7,9-12,20,24H,2,4-5,8,13-19,21H2,1H3,(H,29,33)(H,30,34)/t24-/m0/s1. The highest BCUT2D eigenvalue weighted by Crippen LogP contribution is 2.28. The first-order valence-electron chi connectivity index (χ1n) is 13.1. The predicted molar refractivity (Wildman–Crippen MR) is 141 cm³/mol. The molecule has 2 aromatic rings. The van der Waals surface area contributed by atoms with E-state index in [1.54, 1.807) is 0 Å². The van der Waals surface area contributed by atoms with E-state index in [-0.39, 0.29) is 17.9 Å². The van der Waals surface area contributed by atoms with Crippen molar-refractivity contribution >= 4 is 17.6 Å². The molecule has 2 heterocycles. The molecule has 0 saturated carbocycles. The van der Waals surface area contributed by atoms with Gasteiger partial charge in [-0.2, -0.15) is 0 Å². The summed E-state index contributed by atoms with van der Waals surface area (Å²) in [4.78, 5) is 29.9. The number of carbonyl (C=O) groups is 2. The molecule has 8 heteroatoms. The first-order chi connectivity index (χ1) is 17.6. The van der Waals surface area contributed by atoms with E-state index in [1.807, 2.05) is 54.3 Å². The van der Waals surface area contributed by atoms with Gasteiger partial charge < -0.3 is 25.0 Å². The first-order valence-corrected chi connectivity index (χ1v) is 13.1. The Morgan fingerprint density at radius 3 is 2.67 bits per heavy atom. The zero-order valence-corrected chi connectivity index (χ0v) is 21.2. The number of hydrogen-bond donors (Lipinski definition) is 2. The van der Waals surface area contributed by atoms with Gasteiger partial charge in [0.1, 0.15) is 5.75 Å². The van der Waals surface area contributed by atoms with Gasteiger partial charge in [-0.25, -0.2) is 4.79 Å². The van der Waals surface area contributed by atoms with Gasteiger partial charge in [-0.05, 0) is 74.7 Å². The quantitative estimate of drug-likeness (QED) is 0.516. The highest BCUT2D eigenvalue weighted by molar-refractivity contribution is 5.94. The lowest BCUT2D eigenvalue weighted by Gasteiger charge is -2.33. The van der Waals surface area contributed by atoms with Crippen LogP contribution in [0.4, 0.5) is 10.5 Å². The summed E-state index contributed by atoms with van der Waals surface area (Å²) >= 11 is 0. The molecule has 0 radical (unpaired) electrons. The molecule has 2 saturated heterocycles. The third-order valence-corrected chi connectivity index (χ3v) is 6.79. The summed E-state index contributed by atoms with van der Waals surface area (Å²) in [5, 5.41) is 6.05. The summed E-state index contributed by atoms with van der Waals surface area (Å²) in [7, 11) is 0. The Bertz CT molecular complexity index is 991. The minimum absolute atomic E-state index is 0.0419. The molecular formula is C28H38N4O4. The van der Waals surface area contributed by atoms with Gasteiger partial charge >= 0.3 is 6.03 Å². The lowest BCUT2D eigenvalue weighted by Crippen LogP contribution is -2.41. The maximum Gasteiger partial charge on any atom is 0.321 e. The molecule has 2 aliphatic rings. The number of benzene rings is 2. The van der Waals surface area contributed by atoms with Crippen molar-refractivity contribution in [3.05, 3.63) is 59.7 Å². The van der Waals surface area contributed by atoms with Gasteiger partial charge in [0.05, 0.1) is 19.8 Å². The predicted octanol–water partition coefficient (Wildman–Crippen LogP) is 3.95. The van der Waals surface area contributed by atoms with Gasteiger partial charge in [-0.15, -0.1) is 0 Å². The number of amides is 3. The smallest absolute Gasteiger partial charge is 0.321 e. The first kappa shape index (κ1) is 26.0. The fraction of sp³-hybridized carbons (Fsp3) is 0.500. The molecule has 3 amide bonds. The maximum absolute atomic E-state index is 12.9. The van der Waals surface area contributed by atoms with Crippen molar-refractivity contribution in [2.24, 2.45) is 0 Å². The Morgan fingerprint density at radius 1 is 1.08 bits per heavy atom. The molecule has 0 unspecified atom stereocenters. The fourth-order valence-electron chi connectivity index (χ4n) is 4.80. The van der Waals surface area contributed by atoms with Crippen molar-refractivity contribution < 1.29 is 19.1 Å². The summed E-state index contributed by atoms with van der Waals surface area (Å²) in [5.41, 5.74) is 2.53. The molecule has 194 valence electrons. The average molecular weight is 495 g/mol. The molecule has 0 aliphatic carbocycles. The molecule has 2 N–H and O–H groups in total. The minimum Gasteiger partial charge on any atom is -0.494 e. The molecule has 36 heavy (non-hydrogen) atoms. The van der Waals surface area contributed by atoms with Crippen molar-refractivity contribution in [2.45, 2.75) is 32.1 Å². The summed E-state index contributed by atoms with van der Waals surface area (Å²) < 4.78 is 10.8. The Labute approximate surface area is 213 Å². The molecular weight excluding hydrogens is 456 g/mol. The Hall–Kier alpha value is -3.10. The van der Waals surface area contributed by atoms with Crippen LogP contribution in [0, 0.1) is 0 Å². The number of piperidine rings is 1. The number of urea groups is 1. The maximum atomic E-state index is 12.9. The number of carbonyl (C=O) groups excluding carboxylic acids is 2. The van der Waals surface area contributed by atoms with E-state index in [0.29, 0.717) is 25.3 Å². The van der Waals surface area contributed by atoms with Crippen LogP contribution >= 0.6 is 0 Å². The van der Waals surface area contributed by atoms with Crippen molar-refractivity contribution in [3.8, 4) is 5.75 Å². The number of morpholine rings is 1. The molecule has 2 fully saturated rings. The number of nitrogens with one attached hydrogen (secondary N) is 2. The highest BCUT2D eigenvalue weighted by atomic mass is 16.5. The Morgan fingerprint density at radius 2 is 1.89 bits per heavy atom. The lowest BCUT2D eigenvalue weighted by atomic mass is 9.89. The highest BCUT2D eigenvalue weighted by Gasteiger charge is 2.25. The Kier molecular flexibility index (Phi) is 9.58. The van der Waals surface area contributed by atoms with Crippen molar-refractivity contribution in [3.63, 3.8) is 0 Å². The van der Waals surface area contributed by atoms with Crippen molar-refractivity contribution in [2.75, 3.05) is 64.4 Å². The van der Waals surface area contributed by atoms with E-state index in [9.17, 15) is 9.59 Å². The molecule has 1 atom stereocenters. The van der Waals surface area contributed by atoms with E-state index in [4.69, 9.17) is 9.47 Å². The van der Waals surface area contributed by atoms with Crippen LogP contribution in [0.3, 0.4) is 0 Å². The van der Waals surface area contributed by atoms with Crippen molar-refractivity contribution in [1.82, 2.24) is 15.1 Å². The van der Waals surface area contributed by atoms with Crippen LogP contribution < -0.4 is 15.4 Å². The summed E-state index contributed by atoms with van der Waals surface area (Å²) in [5.74, 6) is 0.952. The topological polar surface area (TPSA) is 83.1 Å². The molecule has 8 nitrogen and oxygen atoms in total. The van der Waals surface area contributed by atoms with Crippen LogP contribution in [0.1, 0.15) is 48.0 Å². The van der Waals surface area contributed by atoms with Gasteiger partial charge in [0.15, 0.2) is 0 Å². The zero-order chi connectivity index (χ0) is 25.2. The van der Waals surface area contributed by atoms with Crippen molar-refractivity contribution in [1.29, 1.82) is 0 Å². The van der Waals surface area contributed by atoms with E-state index in [2.05, 4.69) is 21.6 Å². The SMILES string of the molecule is CCOc1ccc(NC(=O)N2CCC[C@H](c3cccc(C(=O)NCCCN4CCOCC4)c3)C2)cc1. The number of hydrogen-bond acceptors (Lipinski definition) is 5. The molecule has 2 aromatic carbocycles. The van der Waals surface area contributed by atoms with Crippen LogP contribution in [-0.4, -0.2) is 80.8 Å². The van der Waals surface area contributed by atoms with Crippen LogP contribution in [-0.2, 0) is 4.74 Å². The second-order valence-corrected chi connectivity index (χ2v) is 9.36. The summed E-state index contributed by atoms with van der Waals surface area (Å²) in [6.07, 6.45) is 2.85. The van der Waals surface area contributed by atoms with Gasteiger partial charge in [0.2, 0.25) is 0 Å². The lowest BCUT2D eigenvalue weighted by molar-refractivity contribution is 0.0374.